The van der Waals surface area contributed by atoms with Gasteiger partial charge in [0.15, 0.2) is 5.01 Å². The molecule has 0 fully saturated rings. The number of nitrogens with zero attached hydrogens (tertiary/aromatic N) is 1. The minimum absolute atomic E-state index is 0.0349. The third-order valence-corrected chi connectivity index (χ3v) is 4.38. The maximum atomic E-state index is 12.7. The van der Waals surface area contributed by atoms with Crippen LogP contribution >= 0.6 is 11.3 Å². The maximum Gasteiger partial charge on any atom is 0.223 e. The second-order valence-electron chi connectivity index (χ2n) is 5.40. The minimum Gasteiger partial charge on any atom is -0.494 e. The zero-order valence-corrected chi connectivity index (χ0v) is 13.7. The summed E-state index contributed by atoms with van der Waals surface area (Å²) >= 11 is 1.40. The van der Waals surface area contributed by atoms with E-state index in [-0.39, 0.29) is 5.78 Å². The lowest BCUT2D eigenvalue weighted by atomic mass is 10.1. The van der Waals surface area contributed by atoms with Crippen molar-refractivity contribution >= 4 is 28.0 Å². The molecule has 0 aliphatic rings. The highest BCUT2D eigenvalue weighted by molar-refractivity contribution is 7.12. The van der Waals surface area contributed by atoms with Crippen molar-refractivity contribution < 1.29 is 9.53 Å². The number of benzene rings is 1. The van der Waals surface area contributed by atoms with E-state index in [4.69, 9.17) is 4.74 Å². The number of rotatable bonds is 5. The number of thiazole rings is 1. The number of fused-ring (bicyclic) bond motifs is 1. The standard InChI is InChI=1S/C17H18N2O2S/c1-4-21-11-5-6-12-13(8-18-14(12)7-11)16(20)17-19-15(9-22-17)10(2)3/h5-10,18H,4H2,1-3H3. The van der Waals surface area contributed by atoms with E-state index < -0.39 is 0 Å². The lowest BCUT2D eigenvalue weighted by Crippen LogP contribution is -2.00. The van der Waals surface area contributed by atoms with E-state index in [9.17, 15) is 4.79 Å². The summed E-state index contributed by atoms with van der Waals surface area (Å²) in [5, 5.41) is 3.40. The molecule has 0 aliphatic heterocycles. The maximum absolute atomic E-state index is 12.7. The van der Waals surface area contributed by atoms with Crippen LogP contribution in [0.3, 0.4) is 0 Å². The van der Waals surface area contributed by atoms with Crippen LogP contribution in [-0.4, -0.2) is 22.4 Å². The second-order valence-corrected chi connectivity index (χ2v) is 6.26. The normalized spacial score (nSPS) is 11.3. The predicted octanol–water partition coefficient (Wildman–Crippen LogP) is 4.38. The van der Waals surface area contributed by atoms with Gasteiger partial charge < -0.3 is 9.72 Å². The Kier molecular flexibility index (Phi) is 3.98. The molecular formula is C17H18N2O2S. The zero-order valence-electron chi connectivity index (χ0n) is 12.8. The number of aromatic amines is 1. The fourth-order valence-electron chi connectivity index (χ4n) is 2.32. The van der Waals surface area contributed by atoms with Crippen LogP contribution < -0.4 is 4.74 Å². The Bertz CT molecular complexity index is 817. The fourth-order valence-corrected chi connectivity index (χ4v) is 3.25. The monoisotopic (exact) mass is 314 g/mol. The molecule has 0 amide bonds. The molecule has 0 saturated carbocycles. The Labute approximate surface area is 133 Å². The highest BCUT2D eigenvalue weighted by Crippen LogP contribution is 2.27. The molecule has 0 aliphatic carbocycles. The molecule has 1 aromatic carbocycles. The summed E-state index contributed by atoms with van der Waals surface area (Å²) in [6, 6.07) is 5.72. The van der Waals surface area contributed by atoms with Gasteiger partial charge in [-0.25, -0.2) is 4.98 Å². The minimum atomic E-state index is -0.0349. The summed E-state index contributed by atoms with van der Waals surface area (Å²) in [7, 11) is 0. The van der Waals surface area contributed by atoms with Crippen LogP contribution in [0.15, 0.2) is 29.8 Å². The van der Waals surface area contributed by atoms with Gasteiger partial charge in [-0.3, -0.25) is 4.79 Å². The molecule has 1 N–H and O–H groups in total. The summed E-state index contributed by atoms with van der Waals surface area (Å²) in [5.41, 5.74) is 2.52. The van der Waals surface area contributed by atoms with E-state index in [1.807, 2.05) is 30.5 Å². The molecule has 4 nitrogen and oxygen atoms in total. The van der Waals surface area contributed by atoms with Gasteiger partial charge in [0, 0.05) is 28.5 Å². The number of nitrogens with one attached hydrogen (secondary N) is 1. The molecule has 2 aromatic heterocycles. The summed E-state index contributed by atoms with van der Waals surface area (Å²) in [6.07, 6.45) is 1.75. The fraction of sp³-hybridized carbons (Fsp3) is 0.294. The molecule has 0 spiro atoms. The van der Waals surface area contributed by atoms with E-state index in [2.05, 4.69) is 23.8 Å². The van der Waals surface area contributed by atoms with Crippen molar-refractivity contribution in [1.82, 2.24) is 9.97 Å². The highest BCUT2D eigenvalue weighted by atomic mass is 32.1. The van der Waals surface area contributed by atoms with Gasteiger partial charge in [-0.2, -0.15) is 0 Å². The van der Waals surface area contributed by atoms with Crippen molar-refractivity contribution in [3.63, 3.8) is 0 Å². The van der Waals surface area contributed by atoms with Crippen LogP contribution in [0, 0.1) is 0 Å². The van der Waals surface area contributed by atoms with Gasteiger partial charge in [0.1, 0.15) is 5.75 Å². The molecule has 114 valence electrons. The van der Waals surface area contributed by atoms with Gasteiger partial charge in [-0.15, -0.1) is 11.3 Å². The van der Waals surface area contributed by atoms with Gasteiger partial charge in [-0.05, 0) is 25.0 Å². The molecule has 0 saturated heterocycles. The molecule has 0 radical (unpaired) electrons. The first-order chi connectivity index (χ1) is 10.6. The lowest BCUT2D eigenvalue weighted by Gasteiger charge is -2.02. The summed E-state index contributed by atoms with van der Waals surface area (Å²) in [5.74, 6) is 1.09. The Morgan fingerprint density at radius 3 is 2.91 bits per heavy atom. The van der Waals surface area contributed by atoms with E-state index >= 15 is 0 Å². The van der Waals surface area contributed by atoms with Crippen LogP contribution in [0.1, 0.15) is 47.7 Å². The average Bonchev–Trinajstić information content (AvgIpc) is 3.14. The molecule has 5 heteroatoms. The van der Waals surface area contributed by atoms with Gasteiger partial charge in [0.05, 0.1) is 17.9 Å². The number of carbonyl (C=O) groups is 1. The Balaban J connectivity index is 1.96. The predicted molar refractivity (Wildman–Crippen MR) is 89.1 cm³/mol. The average molecular weight is 314 g/mol. The molecule has 0 bridgehead atoms. The van der Waals surface area contributed by atoms with Gasteiger partial charge in [0.25, 0.3) is 0 Å². The van der Waals surface area contributed by atoms with Crippen LogP contribution in [0.2, 0.25) is 0 Å². The van der Waals surface area contributed by atoms with E-state index in [1.165, 1.54) is 11.3 Å². The quantitative estimate of drug-likeness (QED) is 0.711. The van der Waals surface area contributed by atoms with Crippen LogP contribution in [0.5, 0.6) is 5.75 Å². The molecule has 0 unspecified atom stereocenters. The molecule has 22 heavy (non-hydrogen) atoms. The van der Waals surface area contributed by atoms with Gasteiger partial charge >= 0.3 is 0 Å². The third kappa shape index (κ3) is 2.64. The number of aromatic nitrogens is 2. The molecule has 0 atom stereocenters. The van der Waals surface area contributed by atoms with Crippen molar-refractivity contribution in [2.75, 3.05) is 6.61 Å². The lowest BCUT2D eigenvalue weighted by molar-refractivity contribution is 0.104. The number of ketones is 1. The summed E-state index contributed by atoms with van der Waals surface area (Å²) < 4.78 is 5.48. The first-order valence-corrected chi connectivity index (χ1v) is 8.22. The first kappa shape index (κ1) is 14.8. The molecule has 2 heterocycles. The number of ether oxygens (including phenoxy) is 1. The zero-order chi connectivity index (χ0) is 15.7. The van der Waals surface area contributed by atoms with Crippen LogP contribution in [-0.2, 0) is 0 Å². The Hall–Kier alpha value is -2.14. The van der Waals surface area contributed by atoms with Crippen molar-refractivity contribution in [1.29, 1.82) is 0 Å². The van der Waals surface area contributed by atoms with Crippen LogP contribution in [0.25, 0.3) is 10.9 Å². The van der Waals surface area contributed by atoms with Gasteiger partial charge in [-0.1, -0.05) is 13.8 Å². The van der Waals surface area contributed by atoms with E-state index in [1.54, 1.807) is 6.20 Å². The molecule has 3 rings (SSSR count). The number of carbonyl (C=O) groups excluding carboxylic acids is 1. The third-order valence-electron chi connectivity index (χ3n) is 3.52. The number of hydrogen-bond donors (Lipinski definition) is 1. The van der Waals surface area contributed by atoms with E-state index in [0.29, 0.717) is 23.1 Å². The number of H-pyrrole nitrogens is 1. The number of hydrogen-bond acceptors (Lipinski definition) is 4. The van der Waals surface area contributed by atoms with Gasteiger partial charge in [0.2, 0.25) is 5.78 Å². The van der Waals surface area contributed by atoms with Crippen molar-refractivity contribution in [3.05, 3.63) is 46.0 Å². The smallest absolute Gasteiger partial charge is 0.223 e. The molecule has 3 aromatic rings. The largest absolute Gasteiger partial charge is 0.494 e. The summed E-state index contributed by atoms with van der Waals surface area (Å²) in [6.45, 7) is 6.71. The van der Waals surface area contributed by atoms with Crippen molar-refractivity contribution in [3.8, 4) is 5.75 Å². The van der Waals surface area contributed by atoms with Crippen LogP contribution in [0.4, 0.5) is 0 Å². The summed E-state index contributed by atoms with van der Waals surface area (Å²) in [4.78, 5) is 20.3. The first-order valence-electron chi connectivity index (χ1n) is 7.34. The Morgan fingerprint density at radius 1 is 1.41 bits per heavy atom. The molecular weight excluding hydrogens is 296 g/mol. The second kappa shape index (κ2) is 5.93. The van der Waals surface area contributed by atoms with E-state index in [0.717, 1.165) is 22.3 Å². The van der Waals surface area contributed by atoms with Crippen molar-refractivity contribution in [2.24, 2.45) is 0 Å². The SMILES string of the molecule is CCOc1ccc2c(C(=O)c3nc(C(C)C)cs3)c[nH]c2c1. The Morgan fingerprint density at radius 2 is 2.23 bits per heavy atom. The highest BCUT2D eigenvalue weighted by Gasteiger charge is 2.18. The topological polar surface area (TPSA) is 55.0 Å². The van der Waals surface area contributed by atoms with Crippen molar-refractivity contribution in [2.45, 2.75) is 26.7 Å².